The second-order valence-corrected chi connectivity index (χ2v) is 10.3. The SMILES string of the molecule is CC1CCCCN1CCN(Cc1ccccc1)S(=O)(=O)c1ccc(I)cc1. The van der Waals surface area contributed by atoms with Crippen molar-refractivity contribution in [3.05, 3.63) is 63.7 Å². The summed E-state index contributed by atoms with van der Waals surface area (Å²) in [5.74, 6) is 0. The van der Waals surface area contributed by atoms with Crippen LogP contribution in [0.5, 0.6) is 0 Å². The van der Waals surface area contributed by atoms with E-state index in [9.17, 15) is 8.42 Å². The first-order chi connectivity index (χ1) is 13.0. The van der Waals surface area contributed by atoms with E-state index in [1.807, 2.05) is 42.5 Å². The Hall–Kier alpha value is -0.960. The van der Waals surface area contributed by atoms with Crippen LogP contribution in [0.25, 0.3) is 0 Å². The van der Waals surface area contributed by atoms with E-state index in [-0.39, 0.29) is 0 Å². The van der Waals surface area contributed by atoms with Gasteiger partial charge < -0.3 is 0 Å². The predicted octanol–water partition coefficient (Wildman–Crippen LogP) is 4.36. The van der Waals surface area contributed by atoms with Gasteiger partial charge in [0.15, 0.2) is 0 Å². The summed E-state index contributed by atoms with van der Waals surface area (Å²) in [6.07, 6.45) is 3.67. The molecular weight excluding hydrogens is 471 g/mol. The molecule has 1 atom stereocenters. The molecule has 0 aromatic heterocycles. The minimum absolute atomic E-state index is 0.366. The van der Waals surface area contributed by atoms with E-state index in [0.717, 1.165) is 22.2 Å². The highest BCUT2D eigenvalue weighted by Gasteiger charge is 2.26. The first kappa shape index (κ1) is 20.8. The normalized spacial score (nSPS) is 18.7. The molecule has 1 aliphatic heterocycles. The molecule has 0 aliphatic carbocycles. The molecule has 1 heterocycles. The number of benzene rings is 2. The van der Waals surface area contributed by atoms with Gasteiger partial charge in [0, 0.05) is 29.2 Å². The predicted molar refractivity (Wildman–Crippen MR) is 118 cm³/mol. The van der Waals surface area contributed by atoms with Gasteiger partial charge in [0.05, 0.1) is 4.90 Å². The topological polar surface area (TPSA) is 40.6 Å². The minimum atomic E-state index is -3.53. The Balaban J connectivity index is 1.81. The van der Waals surface area contributed by atoms with E-state index in [2.05, 4.69) is 34.4 Å². The Morgan fingerprint density at radius 1 is 1.07 bits per heavy atom. The third-order valence-corrected chi connectivity index (χ3v) is 7.81. The molecule has 146 valence electrons. The third kappa shape index (κ3) is 5.53. The fourth-order valence-electron chi connectivity index (χ4n) is 3.56. The third-order valence-electron chi connectivity index (χ3n) is 5.23. The van der Waals surface area contributed by atoms with Crippen molar-refractivity contribution in [2.24, 2.45) is 0 Å². The van der Waals surface area contributed by atoms with Gasteiger partial charge in [-0.1, -0.05) is 36.8 Å². The number of nitrogens with zero attached hydrogens (tertiary/aromatic N) is 2. The Kier molecular flexibility index (Phi) is 7.30. The molecule has 0 bridgehead atoms. The molecule has 1 unspecified atom stereocenters. The smallest absolute Gasteiger partial charge is 0.243 e. The largest absolute Gasteiger partial charge is 0.299 e. The van der Waals surface area contributed by atoms with Crippen molar-refractivity contribution in [3.63, 3.8) is 0 Å². The molecule has 6 heteroatoms. The lowest BCUT2D eigenvalue weighted by Gasteiger charge is -2.35. The van der Waals surface area contributed by atoms with Crippen LogP contribution < -0.4 is 0 Å². The summed E-state index contributed by atoms with van der Waals surface area (Å²) in [4.78, 5) is 2.79. The molecular formula is C21H27IN2O2S. The highest BCUT2D eigenvalue weighted by Crippen LogP contribution is 2.21. The van der Waals surface area contributed by atoms with Crippen LogP contribution in [0.1, 0.15) is 31.7 Å². The Morgan fingerprint density at radius 3 is 2.44 bits per heavy atom. The van der Waals surface area contributed by atoms with Gasteiger partial charge >= 0.3 is 0 Å². The fourth-order valence-corrected chi connectivity index (χ4v) is 5.34. The molecule has 1 fully saturated rings. The summed E-state index contributed by atoms with van der Waals surface area (Å²) in [6, 6.07) is 17.5. The maximum absolute atomic E-state index is 13.3. The molecule has 0 spiro atoms. The molecule has 4 nitrogen and oxygen atoms in total. The maximum Gasteiger partial charge on any atom is 0.243 e. The summed E-state index contributed by atoms with van der Waals surface area (Å²) in [6.45, 7) is 4.99. The van der Waals surface area contributed by atoms with Gasteiger partial charge in [-0.15, -0.1) is 0 Å². The van der Waals surface area contributed by atoms with Crippen molar-refractivity contribution in [1.82, 2.24) is 9.21 Å². The van der Waals surface area contributed by atoms with Gasteiger partial charge in [0.2, 0.25) is 10.0 Å². The van der Waals surface area contributed by atoms with Crippen LogP contribution in [-0.4, -0.2) is 43.3 Å². The Bertz CT molecular complexity index is 825. The average Bonchev–Trinajstić information content (AvgIpc) is 2.67. The van der Waals surface area contributed by atoms with Crippen LogP contribution >= 0.6 is 22.6 Å². The number of hydrogen-bond donors (Lipinski definition) is 0. The van der Waals surface area contributed by atoms with Crippen molar-refractivity contribution in [2.45, 2.75) is 43.7 Å². The monoisotopic (exact) mass is 498 g/mol. The van der Waals surface area contributed by atoms with Gasteiger partial charge in [0.1, 0.15) is 0 Å². The molecule has 0 radical (unpaired) electrons. The van der Waals surface area contributed by atoms with E-state index in [0.29, 0.717) is 24.0 Å². The van der Waals surface area contributed by atoms with Gasteiger partial charge in [-0.05, 0) is 78.7 Å². The average molecular weight is 498 g/mol. The lowest BCUT2D eigenvalue weighted by molar-refractivity contribution is 0.151. The van der Waals surface area contributed by atoms with Gasteiger partial charge in [-0.3, -0.25) is 4.90 Å². The molecule has 0 N–H and O–H groups in total. The van der Waals surface area contributed by atoms with Gasteiger partial charge in [-0.2, -0.15) is 4.31 Å². The van der Waals surface area contributed by atoms with E-state index < -0.39 is 10.0 Å². The number of rotatable bonds is 7. The summed E-state index contributed by atoms with van der Waals surface area (Å²) in [5.41, 5.74) is 1.01. The highest BCUT2D eigenvalue weighted by molar-refractivity contribution is 14.1. The quantitative estimate of drug-likeness (QED) is 0.533. The molecule has 0 amide bonds. The summed E-state index contributed by atoms with van der Waals surface area (Å²) < 4.78 is 29.3. The molecule has 2 aromatic carbocycles. The first-order valence-corrected chi connectivity index (χ1v) is 12.0. The van der Waals surface area contributed by atoms with E-state index in [1.54, 1.807) is 16.4 Å². The van der Waals surface area contributed by atoms with Crippen molar-refractivity contribution >= 4 is 32.6 Å². The van der Waals surface area contributed by atoms with Crippen molar-refractivity contribution < 1.29 is 8.42 Å². The van der Waals surface area contributed by atoms with Crippen LogP contribution in [0, 0.1) is 3.57 Å². The molecule has 2 aromatic rings. The first-order valence-electron chi connectivity index (χ1n) is 9.50. The van der Waals surface area contributed by atoms with E-state index in [4.69, 9.17) is 0 Å². The zero-order valence-electron chi connectivity index (χ0n) is 15.7. The standard InChI is InChI=1S/C21H27IN2O2S/c1-18-7-5-6-14-23(18)15-16-24(17-19-8-3-2-4-9-19)27(25,26)21-12-10-20(22)11-13-21/h2-4,8-13,18H,5-7,14-17H2,1H3. The Morgan fingerprint density at radius 2 is 1.78 bits per heavy atom. The zero-order valence-corrected chi connectivity index (χ0v) is 18.7. The van der Waals surface area contributed by atoms with Crippen molar-refractivity contribution in [3.8, 4) is 0 Å². The molecule has 1 saturated heterocycles. The van der Waals surface area contributed by atoms with Crippen molar-refractivity contribution in [2.75, 3.05) is 19.6 Å². The molecule has 3 rings (SSSR count). The highest BCUT2D eigenvalue weighted by atomic mass is 127. The number of halogens is 1. The Labute approximate surface area is 176 Å². The summed E-state index contributed by atoms with van der Waals surface area (Å²) >= 11 is 2.19. The number of piperidine rings is 1. The van der Waals surface area contributed by atoms with Crippen LogP contribution in [0.15, 0.2) is 59.5 Å². The van der Waals surface area contributed by atoms with Crippen LogP contribution in [0.3, 0.4) is 0 Å². The van der Waals surface area contributed by atoms with Crippen LogP contribution in [0.4, 0.5) is 0 Å². The van der Waals surface area contributed by atoms with E-state index >= 15 is 0 Å². The fraction of sp³-hybridized carbons (Fsp3) is 0.429. The minimum Gasteiger partial charge on any atom is -0.299 e. The maximum atomic E-state index is 13.3. The van der Waals surface area contributed by atoms with Gasteiger partial charge in [0.25, 0.3) is 0 Å². The summed E-state index contributed by atoms with van der Waals surface area (Å²) in [5, 5.41) is 0. The summed E-state index contributed by atoms with van der Waals surface area (Å²) in [7, 11) is -3.53. The lowest BCUT2D eigenvalue weighted by Crippen LogP contribution is -2.43. The lowest BCUT2D eigenvalue weighted by atomic mass is 10.0. The molecule has 0 saturated carbocycles. The second kappa shape index (κ2) is 9.49. The number of likely N-dealkylation sites (tertiary alicyclic amines) is 1. The van der Waals surface area contributed by atoms with Gasteiger partial charge in [-0.25, -0.2) is 8.42 Å². The second-order valence-electron chi connectivity index (χ2n) is 7.16. The molecule has 1 aliphatic rings. The molecule has 27 heavy (non-hydrogen) atoms. The van der Waals surface area contributed by atoms with Crippen LogP contribution in [0.2, 0.25) is 0 Å². The number of sulfonamides is 1. The van der Waals surface area contributed by atoms with Crippen LogP contribution in [-0.2, 0) is 16.6 Å². The van der Waals surface area contributed by atoms with Crippen molar-refractivity contribution in [1.29, 1.82) is 0 Å². The zero-order chi connectivity index (χ0) is 19.3. The van der Waals surface area contributed by atoms with E-state index in [1.165, 1.54) is 19.3 Å². The number of hydrogen-bond acceptors (Lipinski definition) is 3.